The van der Waals surface area contributed by atoms with Gasteiger partial charge in [-0.25, -0.2) is 0 Å². The van der Waals surface area contributed by atoms with Crippen molar-refractivity contribution < 1.29 is 13.5 Å². The molecule has 1 unspecified atom stereocenters. The van der Waals surface area contributed by atoms with Gasteiger partial charge in [0, 0.05) is 17.5 Å². The van der Waals surface area contributed by atoms with Crippen molar-refractivity contribution in [1.82, 2.24) is 0 Å². The number of halogens is 3. The number of anilines is 1. The average Bonchev–Trinajstić information content (AvgIpc) is 2.33. The summed E-state index contributed by atoms with van der Waals surface area (Å²) < 4.78 is 28.4. The first-order valence-electron chi connectivity index (χ1n) is 5.74. The number of hydrogen-bond acceptors (Lipinski definition) is 3. The summed E-state index contributed by atoms with van der Waals surface area (Å²) in [6, 6.07) is 5.22. The van der Waals surface area contributed by atoms with Gasteiger partial charge in [-0.2, -0.15) is 20.5 Å². The molecule has 0 spiro atoms. The molecule has 0 saturated carbocycles. The van der Waals surface area contributed by atoms with Crippen LogP contribution in [0, 0.1) is 0 Å². The molecular weight excluding hydrogens is 280 g/mol. The maximum absolute atomic E-state index is 12.1. The highest BCUT2D eigenvalue weighted by molar-refractivity contribution is 7.99. The second-order valence-corrected chi connectivity index (χ2v) is 5.64. The molecule has 1 aliphatic heterocycles. The fourth-order valence-corrected chi connectivity index (χ4v) is 3.17. The number of benzene rings is 1. The van der Waals surface area contributed by atoms with Gasteiger partial charge < -0.3 is 10.1 Å². The van der Waals surface area contributed by atoms with Gasteiger partial charge in [0.1, 0.15) is 5.75 Å². The van der Waals surface area contributed by atoms with Gasteiger partial charge in [-0.05, 0) is 36.8 Å². The van der Waals surface area contributed by atoms with E-state index in [1.54, 1.807) is 12.1 Å². The van der Waals surface area contributed by atoms with Crippen molar-refractivity contribution in [3.63, 3.8) is 0 Å². The molecule has 2 nitrogen and oxygen atoms in total. The third-order valence-electron chi connectivity index (χ3n) is 2.68. The van der Waals surface area contributed by atoms with Crippen LogP contribution in [0.2, 0.25) is 5.02 Å². The Balaban J connectivity index is 1.99. The SMILES string of the molecule is FC(F)Oc1ccc(NC2CCCSC2)cc1Cl. The van der Waals surface area contributed by atoms with Crippen molar-refractivity contribution in [1.29, 1.82) is 0 Å². The minimum absolute atomic E-state index is 0.00948. The number of ether oxygens (including phenoxy) is 1. The summed E-state index contributed by atoms with van der Waals surface area (Å²) in [6.07, 6.45) is 2.32. The second-order valence-electron chi connectivity index (χ2n) is 4.08. The molecule has 0 radical (unpaired) electrons. The van der Waals surface area contributed by atoms with Gasteiger partial charge >= 0.3 is 6.61 Å². The lowest BCUT2D eigenvalue weighted by Crippen LogP contribution is -2.25. The molecule has 2 rings (SSSR count). The molecule has 0 aromatic heterocycles. The summed E-state index contributed by atoms with van der Waals surface area (Å²) in [6.45, 7) is -2.85. The molecule has 1 heterocycles. The van der Waals surface area contributed by atoms with Crippen LogP contribution in [0.5, 0.6) is 5.75 Å². The van der Waals surface area contributed by atoms with Gasteiger partial charge in [-0.15, -0.1) is 0 Å². The van der Waals surface area contributed by atoms with Gasteiger partial charge in [0.05, 0.1) is 5.02 Å². The van der Waals surface area contributed by atoms with E-state index < -0.39 is 6.61 Å². The molecule has 0 aliphatic carbocycles. The van der Waals surface area contributed by atoms with Gasteiger partial charge in [0.25, 0.3) is 0 Å². The predicted octanol–water partition coefficient (Wildman–Crippen LogP) is 4.25. The highest BCUT2D eigenvalue weighted by atomic mass is 35.5. The maximum Gasteiger partial charge on any atom is 0.387 e. The van der Waals surface area contributed by atoms with E-state index in [1.165, 1.54) is 18.2 Å². The van der Waals surface area contributed by atoms with E-state index in [9.17, 15) is 8.78 Å². The van der Waals surface area contributed by atoms with Crippen LogP contribution in [0.4, 0.5) is 14.5 Å². The molecule has 1 fully saturated rings. The Bertz CT molecular complexity index is 400. The van der Waals surface area contributed by atoms with Crippen LogP contribution in [0.1, 0.15) is 12.8 Å². The normalized spacial score (nSPS) is 19.9. The van der Waals surface area contributed by atoms with Crippen molar-refractivity contribution in [3.05, 3.63) is 23.2 Å². The van der Waals surface area contributed by atoms with Crippen molar-refractivity contribution in [3.8, 4) is 5.75 Å². The Morgan fingerprint density at radius 1 is 1.44 bits per heavy atom. The zero-order valence-electron chi connectivity index (χ0n) is 9.67. The molecular formula is C12H14ClF2NOS. The molecule has 1 aliphatic rings. The Kier molecular flexibility index (Phi) is 4.95. The summed E-state index contributed by atoms with van der Waals surface area (Å²) in [7, 11) is 0. The van der Waals surface area contributed by atoms with Gasteiger partial charge in [0.15, 0.2) is 0 Å². The van der Waals surface area contributed by atoms with E-state index in [2.05, 4.69) is 10.1 Å². The number of rotatable bonds is 4. The van der Waals surface area contributed by atoms with Crippen molar-refractivity contribution in [2.24, 2.45) is 0 Å². The largest absolute Gasteiger partial charge is 0.433 e. The third-order valence-corrected chi connectivity index (χ3v) is 4.19. The van der Waals surface area contributed by atoms with Crippen molar-refractivity contribution in [2.45, 2.75) is 25.5 Å². The third kappa shape index (κ3) is 3.92. The zero-order chi connectivity index (χ0) is 13.0. The van der Waals surface area contributed by atoms with Gasteiger partial charge in [-0.1, -0.05) is 11.6 Å². The van der Waals surface area contributed by atoms with Crippen LogP contribution >= 0.6 is 23.4 Å². The van der Waals surface area contributed by atoms with Crippen LogP contribution in [0.3, 0.4) is 0 Å². The lowest BCUT2D eigenvalue weighted by Gasteiger charge is -2.23. The Labute approximate surface area is 114 Å². The maximum atomic E-state index is 12.1. The average molecular weight is 294 g/mol. The minimum atomic E-state index is -2.85. The number of nitrogens with one attached hydrogen (secondary N) is 1. The second kappa shape index (κ2) is 6.48. The summed E-state index contributed by atoms with van der Waals surface area (Å²) in [4.78, 5) is 0. The van der Waals surface area contributed by atoms with Crippen LogP contribution in [0.15, 0.2) is 18.2 Å². The fourth-order valence-electron chi connectivity index (χ4n) is 1.87. The van der Waals surface area contributed by atoms with E-state index in [0.717, 1.165) is 17.9 Å². The molecule has 1 aromatic carbocycles. The summed E-state index contributed by atoms with van der Waals surface area (Å²) in [5, 5.41) is 3.55. The van der Waals surface area contributed by atoms with Crippen LogP contribution in [0.25, 0.3) is 0 Å². The summed E-state index contributed by atoms with van der Waals surface area (Å²) in [5.41, 5.74) is 0.842. The smallest absolute Gasteiger partial charge is 0.387 e. The molecule has 1 N–H and O–H groups in total. The van der Waals surface area contributed by atoms with Crippen LogP contribution in [-0.2, 0) is 0 Å². The molecule has 100 valence electrons. The number of alkyl halides is 2. The topological polar surface area (TPSA) is 21.3 Å². The first-order valence-corrected chi connectivity index (χ1v) is 7.27. The van der Waals surface area contributed by atoms with Gasteiger partial charge in [-0.3, -0.25) is 0 Å². The first-order chi connectivity index (χ1) is 8.65. The summed E-state index contributed by atoms with van der Waals surface area (Å²) >= 11 is 7.81. The van der Waals surface area contributed by atoms with Crippen molar-refractivity contribution >= 4 is 29.1 Å². The van der Waals surface area contributed by atoms with Crippen molar-refractivity contribution in [2.75, 3.05) is 16.8 Å². The van der Waals surface area contributed by atoms with E-state index in [4.69, 9.17) is 11.6 Å². The van der Waals surface area contributed by atoms with E-state index in [0.29, 0.717) is 6.04 Å². The highest BCUT2D eigenvalue weighted by Crippen LogP contribution is 2.30. The van der Waals surface area contributed by atoms with E-state index in [1.807, 2.05) is 11.8 Å². The van der Waals surface area contributed by atoms with Crippen LogP contribution in [-0.4, -0.2) is 24.2 Å². The monoisotopic (exact) mass is 293 g/mol. The Morgan fingerprint density at radius 2 is 2.28 bits per heavy atom. The number of thioether (sulfide) groups is 1. The molecule has 1 aromatic rings. The molecule has 0 amide bonds. The Hall–Kier alpha value is -0.680. The lowest BCUT2D eigenvalue weighted by molar-refractivity contribution is -0.0497. The summed E-state index contributed by atoms with van der Waals surface area (Å²) in [5.74, 6) is 2.28. The van der Waals surface area contributed by atoms with E-state index in [-0.39, 0.29) is 10.8 Å². The Morgan fingerprint density at radius 3 is 2.89 bits per heavy atom. The van der Waals surface area contributed by atoms with Gasteiger partial charge in [0.2, 0.25) is 0 Å². The standard InChI is InChI=1S/C12H14ClF2NOS/c13-10-6-8(3-4-11(10)17-12(14)15)16-9-2-1-5-18-7-9/h3-4,6,9,12,16H,1-2,5,7H2. The lowest BCUT2D eigenvalue weighted by atomic mass is 10.1. The molecule has 1 atom stereocenters. The van der Waals surface area contributed by atoms with Crippen LogP contribution < -0.4 is 10.1 Å². The zero-order valence-corrected chi connectivity index (χ0v) is 11.2. The molecule has 0 bridgehead atoms. The molecule has 1 saturated heterocycles. The minimum Gasteiger partial charge on any atom is -0.433 e. The highest BCUT2D eigenvalue weighted by Gasteiger charge is 2.14. The predicted molar refractivity (Wildman–Crippen MR) is 72.1 cm³/mol. The number of hydrogen-bond donors (Lipinski definition) is 1. The fraction of sp³-hybridized carbons (Fsp3) is 0.500. The van der Waals surface area contributed by atoms with E-state index >= 15 is 0 Å². The molecule has 18 heavy (non-hydrogen) atoms. The quantitative estimate of drug-likeness (QED) is 0.897. The molecule has 6 heteroatoms. The first kappa shape index (κ1) is 13.7.